The Morgan fingerprint density at radius 2 is 1.76 bits per heavy atom. The van der Waals surface area contributed by atoms with E-state index in [1.165, 1.54) is 38.5 Å². The number of rotatable bonds is 8. The highest BCUT2D eigenvalue weighted by Gasteiger charge is 2.26. The minimum Gasteiger partial charge on any atom is -0.344 e. The van der Waals surface area contributed by atoms with E-state index >= 15 is 0 Å². The van der Waals surface area contributed by atoms with Gasteiger partial charge in [-0.1, -0.05) is 51.9 Å². The number of carbonyl (C=O) groups excluding carboxylic acids is 1. The normalized spacial score (nSPS) is 21.6. The summed E-state index contributed by atoms with van der Waals surface area (Å²) in [4.78, 5) is 15.4. The number of aliphatic imine (C=N–C) groups is 1. The first-order valence-corrected chi connectivity index (χ1v) is 6.82. The molecule has 1 aliphatic heterocycles. The Kier molecular flexibility index (Phi) is 6.67. The van der Waals surface area contributed by atoms with Crippen molar-refractivity contribution < 1.29 is 4.79 Å². The smallest absolute Gasteiger partial charge is 0.249 e. The first-order valence-electron chi connectivity index (χ1n) is 6.82. The van der Waals surface area contributed by atoms with Crippen LogP contribution in [0.15, 0.2) is 4.99 Å². The molecule has 1 atom stereocenters. The molecule has 1 unspecified atom stereocenters. The van der Waals surface area contributed by atoms with Crippen molar-refractivity contribution in [3.8, 4) is 0 Å². The van der Waals surface area contributed by atoms with Crippen LogP contribution in [0.1, 0.15) is 58.3 Å². The molecule has 1 saturated heterocycles. The second kappa shape index (κ2) is 8.09. The van der Waals surface area contributed by atoms with Crippen LogP contribution in [0.25, 0.3) is 0 Å². The zero-order valence-corrected chi connectivity index (χ0v) is 11.1. The predicted octanol–water partition coefficient (Wildman–Crippen LogP) is 2.20. The molecular weight excluding hydrogens is 214 g/mol. The van der Waals surface area contributed by atoms with Gasteiger partial charge in [-0.05, 0) is 6.42 Å². The monoisotopic (exact) mass is 239 g/mol. The van der Waals surface area contributed by atoms with E-state index in [1.807, 2.05) is 0 Å². The molecule has 0 spiro atoms. The summed E-state index contributed by atoms with van der Waals surface area (Å²) in [6, 6.07) is -0.0654. The molecule has 17 heavy (non-hydrogen) atoms. The van der Waals surface area contributed by atoms with E-state index in [0.29, 0.717) is 5.96 Å². The Labute approximate surface area is 104 Å². The lowest BCUT2D eigenvalue weighted by Gasteiger charge is -2.07. The van der Waals surface area contributed by atoms with Crippen LogP contribution in [0.4, 0.5) is 0 Å². The second-order valence-electron chi connectivity index (χ2n) is 4.67. The lowest BCUT2D eigenvalue weighted by Crippen LogP contribution is -2.29. The summed E-state index contributed by atoms with van der Waals surface area (Å²) in [7, 11) is 1.68. The molecule has 0 saturated carbocycles. The molecule has 1 heterocycles. The lowest BCUT2D eigenvalue weighted by molar-refractivity contribution is -0.120. The van der Waals surface area contributed by atoms with Crippen molar-refractivity contribution in [2.75, 3.05) is 7.05 Å². The van der Waals surface area contributed by atoms with Gasteiger partial charge in [0.1, 0.15) is 6.04 Å². The molecule has 1 rings (SSSR count). The quantitative estimate of drug-likeness (QED) is 0.638. The fraction of sp³-hybridized carbons (Fsp3) is 0.846. The minimum absolute atomic E-state index is 0.0654. The molecule has 98 valence electrons. The van der Waals surface area contributed by atoms with Crippen LogP contribution in [0.3, 0.4) is 0 Å². The van der Waals surface area contributed by atoms with Gasteiger partial charge in [0, 0.05) is 7.05 Å². The van der Waals surface area contributed by atoms with Gasteiger partial charge in [0.05, 0.1) is 0 Å². The van der Waals surface area contributed by atoms with Crippen LogP contribution >= 0.6 is 0 Å². The molecule has 4 nitrogen and oxygen atoms in total. The molecule has 1 aliphatic rings. The summed E-state index contributed by atoms with van der Waals surface area (Å²) in [5.74, 6) is 0.680. The van der Waals surface area contributed by atoms with Crippen LogP contribution in [0.2, 0.25) is 0 Å². The SMILES string of the molecule is CCCCCCCCCC1NC(=NC)NC1=O. The highest BCUT2D eigenvalue weighted by atomic mass is 16.2. The Morgan fingerprint density at radius 3 is 2.35 bits per heavy atom. The van der Waals surface area contributed by atoms with Crippen molar-refractivity contribution in [1.82, 2.24) is 10.6 Å². The average molecular weight is 239 g/mol. The molecule has 0 aliphatic carbocycles. The zero-order valence-electron chi connectivity index (χ0n) is 11.1. The van der Waals surface area contributed by atoms with Crippen molar-refractivity contribution in [1.29, 1.82) is 0 Å². The topological polar surface area (TPSA) is 53.5 Å². The first-order chi connectivity index (χ1) is 8.27. The van der Waals surface area contributed by atoms with Gasteiger partial charge < -0.3 is 5.32 Å². The number of unbranched alkanes of at least 4 members (excludes halogenated alkanes) is 6. The van der Waals surface area contributed by atoms with Crippen molar-refractivity contribution in [2.24, 2.45) is 4.99 Å². The van der Waals surface area contributed by atoms with Crippen molar-refractivity contribution >= 4 is 11.9 Å². The zero-order chi connectivity index (χ0) is 12.5. The van der Waals surface area contributed by atoms with Crippen molar-refractivity contribution in [3.05, 3.63) is 0 Å². The van der Waals surface area contributed by atoms with Gasteiger partial charge in [-0.2, -0.15) is 0 Å². The van der Waals surface area contributed by atoms with Crippen LogP contribution in [-0.2, 0) is 4.79 Å². The van der Waals surface area contributed by atoms with Crippen LogP contribution in [0, 0.1) is 0 Å². The standard InChI is InChI=1S/C13H25N3O/c1-3-4-5-6-7-8-9-10-11-12(17)16-13(14-2)15-11/h11H,3-10H2,1-2H3,(H2,14,15,16,17). The van der Waals surface area contributed by atoms with Gasteiger partial charge in [-0.15, -0.1) is 0 Å². The van der Waals surface area contributed by atoms with E-state index < -0.39 is 0 Å². The molecule has 4 heteroatoms. The predicted molar refractivity (Wildman–Crippen MR) is 71.0 cm³/mol. The van der Waals surface area contributed by atoms with Crippen LogP contribution in [-0.4, -0.2) is 25.0 Å². The van der Waals surface area contributed by atoms with E-state index in [2.05, 4.69) is 22.5 Å². The van der Waals surface area contributed by atoms with E-state index in [1.54, 1.807) is 7.05 Å². The minimum atomic E-state index is -0.0654. The second-order valence-corrected chi connectivity index (χ2v) is 4.67. The molecule has 0 radical (unpaired) electrons. The first kappa shape index (κ1) is 14.0. The van der Waals surface area contributed by atoms with Gasteiger partial charge in [0.15, 0.2) is 5.96 Å². The fourth-order valence-corrected chi connectivity index (χ4v) is 2.10. The number of nitrogens with one attached hydrogen (secondary N) is 2. The number of nitrogens with zero attached hydrogens (tertiary/aromatic N) is 1. The third-order valence-corrected chi connectivity index (χ3v) is 3.19. The fourth-order valence-electron chi connectivity index (χ4n) is 2.10. The van der Waals surface area contributed by atoms with Gasteiger partial charge in [0.25, 0.3) is 0 Å². The Balaban J connectivity index is 2.01. The highest BCUT2D eigenvalue weighted by Crippen LogP contribution is 2.11. The highest BCUT2D eigenvalue weighted by molar-refractivity contribution is 6.06. The molecule has 1 fully saturated rings. The summed E-state index contributed by atoms with van der Waals surface area (Å²) in [5.41, 5.74) is 0. The summed E-state index contributed by atoms with van der Waals surface area (Å²) in [5, 5.41) is 5.81. The number of guanidine groups is 1. The summed E-state index contributed by atoms with van der Waals surface area (Å²) in [6.07, 6.45) is 9.89. The van der Waals surface area contributed by atoms with E-state index in [0.717, 1.165) is 12.8 Å². The lowest BCUT2D eigenvalue weighted by atomic mass is 10.1. The van der Waals surface area contributed by atoms with E-state index in [9.17, 15) is 4.79 Å². The maximum Gasteiger partial charge on any atom is 0.249 e. The third kappa shape index (κ3) is 5.20. The molecule has 0 aromatic heterocycles. The van der Waals surface area contributed by atoms with Crippen molar-refractivity contribution in [3.63, 3.8) is 0 Å². The van der Waals surface area contributed by atoms with E-state index in [4.69, 9.17) is 0 Å². The average Bonchev–Trinajstić information content (AvgIpc) is 2.69. The molecule has 2 N–H and O–H groups in total. The molecule has 1 amide bonds. The Bertz CT molecular complexity index is 263. The molecule has 0 bridgehead atoms. The van der Waals surface area contributed by atoms with E-state index in [-0.39, 0.29) is 11.9 Å². The number of hydrogen-bond donors (Lipinski definition) is 2. The third-order valence-electron chi connectivity index (χ3n) is 3.19. The molecule has 0 aromatic carbocycles. The van der Waals surface area contributed by atoms with Crippen LogP contribution < -0.4 is 10.6 Å². The van der Waals surface area contributed by atoms with Crippen molar-refractivity contribution in [2.45, 2.75) is 64.3 Å². The largest absolute Gasteiger partial charge is 0.344 e. The Hall–Kier alpha value is -1.06. The summed E-state index contributed by atoms with van der Waals surface area (Å²) in [6.45, 7) is 2.23. The van der Waals surface area contributed by atoms with Gasteiger partial charge in [0.2, 0.25) is 5.91 Å². The number of carbonyl (C=O) groups is 1. The summed E-state index contributed by atoms with van der Waals surface area (Å²) < 4.78 is 0. The van der Waals surface area contributed by atoms with Crippen LogP contribution in [0.5, 0.6) is 0 Å². The maximum atomic E-state index is 11.5. The number of amides is 1. The van der Waals surface area contributed by atoms with Gasteiger partial charge in [-0.3, -0.25) is 15.1 Å². The van der Waals surface area contributed by atoms with Gasteiger partial charge in [-0.25, -0.2) is 0 Å². The maximum absolute atomic E-state index is 11.5. The molecular formula is C13H25N3O. The molecule has 0 aromatic rings. The van der Waals surface area contributed by atoms with Gasteiger partial charge >= 0.3 is 0 Å². The Morgan fingerprint density at radius 1 is 1.12 bits per heavy atom. The number of hydrogen-bond acceptors (Lipinski definition) is 2. The summed E-state index contributed by atoms with van der Waals surface area (Å²) >= 11 is 0.